The van der Waals surface area contributed by atoms with Gasteiger partial charge in [0.05, 0.1) is 5.56 Å². The monoisotopic (exact) mass is 255 g/mol. The Balaban J connectivity index is 2.34. The van der Waals surface area contributed by atoms with Crippen molar-refractivity contribution in [1.82, 2.24) is 5.32 Å². The number of methoxy groups -OCH3 is 1. The Morgan fingerprint density at radius 1 is 1.39 bits per heavy atom. The number of carbonyl (C=O) groups excluding carboxylic acids is 1. The zero-order valence-corrected chi connectivity index (χ0v) is 10.4. The Morgan fingerprint density at radius 2 is 2.17 bits per heavy atom. The molecule has 0 saturated heterocycles. The third kappa shape index (κ3) is 4.71. The average Bonchev–Trinajstić information content (AvgIpc) is 2.36. The first-order chi connectivity index (χ1) is 8.65. The van der Waals surface area contributed by atoms with E-state index in [-0.39, 0.29) is 11.3 Å². The Hall–Kier alpha value is -1.62. The maximum absolute atomic E-state index is 12.9. The maximum atomic E-state index is 12.9. The highest BCUT2D eigenvalue weighted by atomic mass is 19.1. The van der Waals surface area contributed by atoms with E-state index in [2.05, 4.69) is 5.32 Å². The van der Waals surface area contributed by atoms with E-state index < -0.39 is 11.7 Å². The zero-order chi connectivity index (χ0) is 13.4. The van der Waals surface area contributed by atoms with Crippen LogP contribution in [0.25, 0.3) is 0 Å². The van der Waals surface area contributed by atoms with Crippen LogP contribution < -0.4 is 5.32 Å². The van der Waals surface area contributed by atoms with Crippen LogP contribution in [0, 0.1) is 5.82 Å². The van der Waals surface area contributed by atoms with Crippen LogP contribution >= 0.6 is 0 Å². The highest BCUT2D eigenvalue weighted by Crippen LogP contribution is 2.17. The molecule has 1 rings (SSSR count). The number of hydrogen-bond acceptors (Lipinski definition) is 3. The number of amides is 1. The lowest BCUT2D eigenvalue weighted by Crippen LogP contribution is -2.24. The molecule has 0 atom stereocenters. The van der Waals surface area contributed by atoms with Crippen LogP contribution in [0.3, 0.4) is 0 Å². The van der Waals surface area contributed by atoms with E-state index in [4.69, 9.17) is 4.74 Å². The molecule has 0 aliphatic rings. The van der Waals surface area contributed by atoms with Crippen LogP contribution in [-0.4, -0.2) is 31.3 Å². The largest absolute Gasteiger partial charge is 0.507 e. The minimum absolute atomic E-state index is 0.0353. The topological polar surface area (TPSA) is 58.6 Å². The van der Waals surface area contributed by atoms with Crippen molar-refractivity contribution in [2.45, 2.75) is 19.3 Å². The summed E-state index contributed by atoms with van der Waals surface area (Å²) >= 11 is 0. The van der Waals surface area contributed by atoms with Crippen molar-refractivity contribution in [3.05, 3.63) is 29.6 Å². The summed E-state index contributed by atoms with van der Waals surface area (Å²) in [5, 5.41) is 12.1. The first-order valence-corrected chi connectivity index (χ1v) is 5.91. The van der Waals surface area contributed by atoms with Gasteiger partial charge in [-0.25, -0.2) is 4.39 Å². The van der Waals surface area contributed by atoms with Crippen LogP contribution in [0.4, 0.5) is 4.39 Å². The van der Waals surface area contributed by atoms with Crippen LogP contribution in [0.15, 0.2) is 18.2 Å². The minimum atomic E-state index is -0.543. The van der Waals surface area contributed by atoms with Crippen LogP contribution in [0.1, 0.15) is 29.6 Å². The van der Waals surface area contributed by atoms with Crippen molar-refractivity contribution in [3.8, 4) is 5.75 Å². The quantitative estimate of drug-likeness (QED) is 0.733. The van der Waals surface area contributed by atoms with Gasteiger partial charge in [0.25, 0.3) is 5.91 Å². The van der Waals surface area contributed by atoms with Gasteiger partial charge in [-0.3, -0.25) is 4.79 Å². The smallest absolute Gasteiger partial charge is 0.255 e. The Kier molecular flexibility index (Phi) is 6.14. The Labute approximate surface area is 106 Å². The number of rotatable bonds is 7. The lowest BCUT2D eigenvalue weighted by Gasteiger charge is -2.06. The fraction of sp³-hybridized carbons (Fsp3) is 0.462. The van der Waals surface area contributed by atoms with E-state index in [1.54, 1.807) is 7.11 Å². The molecule has 0 radical (unpaired) electrons. The van der Waals surface area contributed by atoms with Gasteiger partial charge in [0.15, 0.2) is 0 Å². The van der Waals surface area contributed by atoms with Crippen molar-refractivity contribution in [2.75, 3.05) is 20.3 Å². The molecule has 0 aliphatic heterocycles. The van der Waals surface area contributed by atoms with E-state index in [1.807, 2.05) is 0 Å². The second-order valence-corrected chi connectivity index (χ2v) is 3.97. The van der Waals surface area contributed by atoms with Crippen molar-refractivity contribution >= 4 is 5.91 Å². The summed E-state index contributed by atoms with van der Waals surface area (Å²) in [5.41, 5.74) is -0.0353. The predicted octanol–water partition coefficient (Wildman–Crippen LogP) is 2.08. The van der Waals surface area contributed by atoms with Gasteiger partial charge in [0.1, 0.15) is 11.6 Å². The molecule has 0 fully saturated rings. The van der Waals surface area contributed by atoms with Crippen molar-refractivity contribution in [1.29, 1.82) is 0 Å². The molecular formula is C13H18FNO3. The minimum Gasteiger partial charge on any atom is -0.507 e. The lowest BCUT2D eigenvalue weighted by atomic mass is 10.1. The molecule has 18 heavy (non-hydrogen) atoms. The SMILES string of the molecule is COCCCCCNC(=O)c1cc(F)ccc1O. The van der Waals surface area contributed by atoms with Crippen molar-refractivity contribution < 1.29 is 19.0 Å². The number of ether oxygens (including phenoxy) is 1. The van der Waals surface area contributed by atoms with E-state index in [9.17, 15) is 14.3 Å². The average molecular weight is 255 g/mol. The summed E-state index contributed by atoms with van der Waals surface area (Å²) in [7, 11) is 1.65. The van der Waals surface area contributed by atoms with Crippen molar-refractivity contribution in [2.24, 2.45) is 0 Å². The van der Waals surface area contributed by atoms with Gasteiger partial charge in [-0.15, -0.1) is 0 Å². The fourth-order valence-corrected chi connectivity index (χ4v) is 1.54. The highest BCUT2D eigenvalue weighted by molar-refractivity contribution is 5.96. The zero-order valence-electron chi connectivity index (χ0n) is 10.4. The van der Waals surface area contributed by atoms with Gasteiger partial charge in [-0.1, -0.05) is 0 Å². The molecule has 1 amide bonds. The second kappa shape index (κ2) is 7.66. The number of aromatic hydroxyl groups is 1. The predicted molar refractivity (Wildman–Crippen MR) is 66.1 cm³/mol. The molecule has 0 aliphatic carbocycles. The number of unbranched alkanes of at least 4 members (excludes halogenated alkanes) is 2. The number of phenolic OH excluding ortho intramolecular Hbond substituents is 1. The van der Waals surface area contributed by atoms with Crippen LogP contribution in [0.5, 0.6) is 5.75 Å². The van der Waals surface area contributed by atoms with Gasteiger partial charge >= 0.3 is 0 Å². The summed E-state index contributed by atoms with van der Waals surface area (Å²) < 4.78 is 17.8. The molecular weight excluding hydrogens is 237 g/mol. The summed E-state index contributed by atoms with van der Waals surface area (Å²) in [5.74, 6) is -1.22. The van der Waals surface area contributed by atoms with E-state index in [0.717, 1.165) is 31.4 Å². The number of phenols is 1. The lowest BCUT2D eigenvalue weighted by molar-refractivity contribution is 0.0949. The maximum Gasteiger partial charge on any atom is 0.255 e. The third-order valence-electron chi connectivity index (χ3n) is 2.51. The summed E-state index contributed by atoms with van der Waals surface area (Å²) in [4.78, 5) is 11.6. The molecule has 0 heterocycles. The molecule has 0 unspecified atom stereocenters. The number of hydrogen-bond donors (Lipinski definition) is 2. The molecule has 0 spiro atoms. The van der Waals surface area contributed by atoms with Gasteiger partial charge in [-0.05, 0) is 37.5 Å². The number of carbonyl (C=O) groups is 1. The molecule has 4 nitrogen and oxygen atoms in total. The van der Waals surface area contributed by atoms with E-state index >= 15 is 0 Å². The number of nitrogens with one attached hydrogen (secondary N) is 1. The number of benzene rings is 1. The molecule has 100 valence electrons. The van der Waals surface area contributed by atoms with Gasteiger partial charge in [0, 0.05) is 20.3 Å². The van der Waals surface area contributed by atoms with E-state index in [0.29, 0.717) is 13.2 Å². The number of halogens is 1. The standard InChI is InChI=1S/C13H18FNO3/c1-18-8-4-2-3-7-15-13(17)11-9-10(14)5-6-12(11)16/h5-6,9,16H,2-4,7-8H2,1H3,(H,15,17). The Morgan fingerprint density at radius 3 is 2.89 bits per heavy atom. The molecule has 5 heteroatoms. The van der Waals surface area contributed by atoms with Gasteiger partial charge < -0.3 is 15.2 Å². The molecule has 0 aromatic heterocycles. The van der Waals surface area contributed by atoms with Crippen LogP contribution in [0.2, 0.25) is 0 Å². The molecule has 0 bridgehead atoms. The van der Waals surface area contributed by atoms with E-state index in [1.165, 1.54) is 6.07 Å². The first kappa shape index (κ1) is 14.4. The highest BCUT2D eigenvalue weighted by Gasteiger charge is 2.11. The molecule has 1 aromatic carbocycles. The molecule has 1 aromatic rings. The molecule has 2 N–H and O–H groups in total. The summed E-state index contributed by atoms with van der Waals surface area (Å²) in [6.45, 7) is 1.21. The van der Waals surface area contributed by atoms with Crippen molar-refractivity contribution in [3.63, 3.8) is 0 Å². The van der Waals surface area contributed by atoms with Gasteiger partial charge in [0.2, 0.25) is 0 Å². The Bertz CT molecular complexity index is 396. The first-order valence-electron chi connectivity index (χ1n) is 5.91. The molecule has 0 saturated carbocycles. The second-order valence-electron chi connectivity index (χ2n) is 3.97. The summed E-state index contributed by atoms with van der Waals surface area (Å²) in [6, 6.07) is 3.30. The third-order valence-corrected chi connectivity index (χ3v) is 2.51. The summed E-state index contributed by atoms with van der Waals surface area (Å²) in [6.07, 6.45) is 2.71. The normalized spacial score (nSPS) is 10.3. The van der Waals surface area contributed by atoms with Crippen LogP contribution in [-0.2, 0) is 4.74 Å². The van der Waals surface area contributed by atoms with Gasteiger partial charge in [-0.2, -0.15) is 0 Å². The fourth-order valence-electron chi connectivity index (χ4n) is 1.54.